The predicted octanol–water partition coefficient (Wildman–Crippen LogP) is 7.49. The number of aryl methyl sites for hydroxylation is 1. The molecule has 4 aromatic rings. The molecule has 0 fully saturated rings. The molecule has 0 saturated carbocycles. The summed E-state index contributed by atoms with van der Waals surface area (Å²) in [6.07, 6.45) is 6.41. The molecule has 0 saturated heterocycles. The first-order valence-electron chi connectivity index (χ1n) is 10.3. The SMILES string of the molecule is CCCCCCc1ccc(-c2cc[c-]c(-c3ccc4ccccc4n3)c2)cc1.[Ir]. The van der Waals surface area contributed by atoms with Crippen LogP contribution < -0.4 is 0 Å². The molecule has 0 aliphatic rings. The van der Waals surface area contributed by atoms with Crippen molar-refractivity contribution in [2.45, 2.75) is 39.0 Å². The summed E-state index contributed by atoms with van der Waals surface area (Å²) in [5.41, 5.74) is 6.90. The normalized spacial score (nSPS) is 10.7. The van der Waals surface area contributed by atoms with Crippen LogP contribution in [0.4, 0.5) is 0 Å². The van der Waals surface area contributed by atoms with E-state index in [0.29, 0.717) is 0 Å². The standard InChI is InChI=1S/C27H26N.Ir/c1-2-3-4-5-9-21-14-16-22(17-15-21)24-11-8-12-25(20-24)27-19-18-23-10-6-7-13-26(23)28-27;/h6-8,10-11,13-20H,2-5,9H2,1H3;/q-1;. The molecule has 4 rings (SSSR count). The van der Waals surface area contributed by atoms with Gasteiger partial charge in [-0.1, -0.05) is 80.8 Å². The van der Waals surface area contributed by atoms with Gasteiger partial charge in [-0.2, -0.15) is 0 Å². The second-order valence-electron chi connectivity index (χ2n) is 7.39. The minimum absolute atomic E-state index is 0. The van der Waals surface area contributed by atoms with E-state index in [4.69, 9.17) is 4.98 Å². The molecule has 149 valence electrons. The van der Waals surface area contributed by atoms with E-state index in [9.17, 15) is 0 Å². The average molecular weight is 557 g/mol. The van der Waals surface area contributed by atoms with Gasteiger partial charge in [0.1, 0.15) is 0 Å². The number of rotatable bonds is 7. The van der Waals surface area contributed by atoms with Crippen molar-refractivity contribution in [1.82, 2.24) is 4.98 Å². The maximum Gasteiger partial charge on any atom is 0.0595 e. The topological polar surface area (TPSA) is 12.9 Å². The molecule has 0 atom stereocenters. The summed E-state index contributed by atoms with van der Waals surface area (Å²) >= 11 is 0. The number of pyridine rings is 1. The summed E-state index contributed by atoms with van der Waals surface area (Å²) in [6.45, 7) is 2.26. The van der Waals surface area contributed by atoms with E-state index >= 15 is 0 Å². The van der Waals surface area contributed by atoms with E-state index in [1.807, 2.05) is 18.2 Å². The van der Waals surface area contributed by atoms with Crippen molar-refractivity contribution in [1.29, 1.82) is 0 Å². The van der Waals surface area contributed by atoms with Crippen LogP contribution in [0.25, 0.3) is 33.3 Å². The first-order chi connectivity index (χ1) is 13.8. The molecule has 0 aliphatic carbocycles. The molecular formula is C27H26IrN-. The van der Waals surface area contributed by atoms with E-state index in [1.54, 1.807) is 0 Å². The smallest absolute Gasteiger partial charge is 0.0595 e. The second-order valence-corrected chi connectivity index (χ2v) is 7.39. The van der Waals surface area contributed by atoms with Crippen LogP contribution in [0, 0.1) is 6.07 Å². The number of fused-ring (bicyclic) bond motifs is 1. The van der Waals surface area contributed by atoms with Gasteiger partial charge in [-0.15, -0.1) is 35.4 Å². The molecular weight excluding hydrogens is 531 g/mol. The van der Waals surface area contributed by atoms with Crippen LogP contribution >= 0.6 is 0 Å². The Labute approximate surface area is 187 Å². The van der Waals surface area contributed by atoms with Gasteiger partial charge in [0.15, 0.2) is 0 Å². The van der Waals surface area contributed by atoms with Gasteiger partial charge in [-0.05, 0) is 41.1 Å². The largest absolute Gasteiger partial charge is 0.296 e. The average Bonchev–Trinajstić information content (AvgIpc) is 2.77. The minimum Gasteiger partial charge on any atom is -0.296 e. The Morgan fingerprint density at radius 1 is 0.793 bits per heavy atom. The molecule has 0 amide bonds. The van der Waals surface area contributed by atoms with Crippen LogP contribution in [-0.4, -0.2) is 4.98 Å². The number of hydrogen-bond donors (Lipinski definition) is 0. The molecule has 0 bridgehead atoms. The van der Waals surface area contributed by atoms with Crippen molar-refractivity contribution in [3.8, 4) is 22.4 Å². The molecule has 1 nitrogen and oxygen atoms in total. The summed E-state index contributed by atoms with van der Waals surface area (Å²) < 4.78 is 0. The molecule has 0 spiro atoms. The Morgan fingerprint density at radius 2 is 1.62 bits per heavy atom. The first-order valence-corrected chi connectivity index (χ1v) is 10.3. The third kappa shape index (κ3) is 5.41. The van der Waals surface area contributed by atoms with Crippen LogP contribution in [0.2, 0.25) is 0 Å². The molecule has 1 aromatic heterocycles. The molecule has 0 unspecified atom stereocenters. The van der Waals surface area contributed by atoms with Gasteiger partial charge >= 0.3 is 0 Å². The van der Waals surface area contributed by atoms with Gasteiger partial charge < -0.3 is 0 Å². The third-order valence-electron chi connectivity index (χ3n) is 5.28. The van der Waals surface area contributed by atoms with Crippen LogP contribution in [0.15, 0.2) is 78.9 Å². The monoisotopic (exact) mass is 557 g/mol. The fourth-order valence-electron chi connectivity index (χ4n) is 3.63. The van der Waals surface area contributed by atoms with Crippen LogP contribution in [-0.2, 0) is 26.5 Å². The fraction of sp³-hybridized carbons (Fsp3) is 0.222. The second kappa shape index (κ2) is 10.5. The van der Waals surface area contributed by atoms with Crippen molar-refractivity contribution in [3.05, 3.63) is 90.5 Å². The van der Waals surface area contributed by atoms with Crippen LogP contribution in [0.1, 0.15) is 38.2 Å². The van der Waals surface area contributed by atoms with Gasteiger partial charge in [0, 0.05) is 20.1 Å². The Morgan fingerprint density at radius 3 is 2.45 bits per heavy atom. The summed E-state index contributed by atoms with van der Waals surface area (Å²) in [7, 11) is 0. The number of benzene rings is 3. The molecule has 0 N–H and O–H groups in total. The summed E-state index contributed by atoms with van der Waals surface area (Å²) in [5.74, 6) is 0. The zero-order chi connectivity index (χ0) is 19.2. The maximum atomic E-state index is 4.81. The van der Waals surface area contributed by atoms with Gasteiger partial charge in [0.05, 0.1) is 5.52 Å². The number of nitrogens with zero attached hydrogens (tertiary/aromatic N) is 1. The van der Waals surface area contributed by atoms with E-state index < -0.39 is 0 Å². The number of hydrogen-bond acceptors (Lipinski definition) is 1. The maximum absolute atomic E-state index is 4.81. The van der Waals surface area contributed by atoms with E-state index in [0.717, 1.165) is 22.2 Å². The Balaban J connectivity index is 0.00000240. The van der Waals surface area contributed by atoms with Gasteiger partial charge in [0.2, 0.25) is 0 Å². The summed E-state index contributed by atoms with van der Waals surface area (Å²) in [4.78, 5) is 4.81. The number of aromatic nitrogens is 1. The molecule has 2 heteroatoms. The van der Waals surface area contributed by atoms with Gasteiger partial charge in [-0.25, -0.2) is 0 Å². The van der Waals surface area contributed by atoms with E-state index in [2.05, 4.69) is 73.7 Å². The molecule has 1 radical (unpaired) electrons. The Bertz CT molecular complexity index is 1050. The summed E-state index contributed by atoms with van der Waals surface area (Å²) in [5, 5.41) is 1.16. The number of unbranched alkanes of at least 4 members (excludes halogenated alkanes) is 3. The number of para-hydroxylation sites is 1. The fourth-order valence-corrected chi connectivity index (χ4v) is 3.63. The Kier molecular flexibility index (Phi) is 7.75. The molecule has 1 heterocycles. The van der Waals surface area contributed by atoms with Crippen molar-refractivity contribution < 1.29 is 20.1 Å². The predicted molar refractivity (Wildman–Crippen MR) is 119 cm³/mol. The zero-order valence-electron chi connectivity index (χ0n) is 16.8. The van der Waals surface area contributed by atoms with Crippen LogP contribution in [0.5, 0.6) is 0 Å². The quantitative estimate of drug-likeness (QED) is 0.170. The van der Waals surface area contributed by atoms with Crippen molar-refractivity contribution in [2.75, 3.05) is 0 Å². The van der Waals surface area contributed by atoms with E-state index in [-0.39, 0.29) is 20.1 Å². The van der Waals surface area contributed by atoms with Crippen molar-refractivity contribution in [3.63, 3.8) is 0 Å². The van der Waals surface area contributed by atoms with Crippen molar-refractivity contribution in [2.24, 2.45) is 0 Å². The minimum atomic E-state index is 0. The van der Waals surface area contributed by atoms with Gasteiger partial charge in [0.25, 0.3) is 0 Å². The van der Waals surface area contributed by atoms with E-state index in [1.165, 1.54) is 48.8 Å². The van der Waals surface area contributed by atoms with Crippen molar-refractivity contribution >= 4 is 10.9 Å². The molecule has 0 aliphatic heterocycles. The first kappa shape index (κ1) is 21.4. The van der Waals surface area contributed by atoms with Gasteiger partial charge in [-0.3, -0.25) is 4.98 Å². The van der Waals surface area contributed by atoms with Crippen LogP contribution in [0.3, 0.4) is 0 Å². The molecule has 29 heavy (non-hydrogen) atoms. The zero-order valence-corrected chi connectivity index (χ0v) is 19.2. The third-order valence-corrected chi connectivity index (χ3v) is 5.28. The molecule has 3 aromatic carbocycles. The Hall–Kier alpha value is -2.28. The summed E-state index contributed by atoms with van der Waals surface area (Å²) in [6, 6.07) is 31.1.